The zero-order chi connectivity index (χ0) is 12.5. The zero-order valence-corrected chi connectivity index (χ0v) is 9.85. The van der Waals surface area contributed by atoms with Gasteiger partial charge in [-0.2, -0.15) is 0 Å². The van der Waals surface area contributed by atoms with Gasteiger partial charge in [0, 0.05) is 0 Å². The summed E-state index contributed by atoms with van der Waals surface area (Å²) < 4.78 is 38.4. The van der Waals surface area contributed by atoms with Crippen LogP contribution in [-0.4, -0.2) is 6.36 Å². The Kier molecular flexibility index (Phi) is 9.22. The molecule has 1 nitrogen and oxygen atoms in total. The minimum atomic E-state index is -4.59. The molecule has 0 rings (SSSR count). The highest BCUT2D eigenvalue weighted by Crippen LogP contribution is 2.20. The van der Waals surface area contributed by atoms with E-state index in [2.05, 4.69) is 4.74 Å². The monoisotopic (exact) mass is 224 g/mol. The van der Waals surface area contributed by atoms with Crippen LogP contribution in [0, 0.1) is 5.92 Å². The number of alkyl halides is 3. The summed E-state index contributed by atoms with van der Waals surface area (Å²) in [5, 5.41) is 0. The minimum absolute atomic E-state index is 0.163. The fraction of sp³-hybridized carbons (Fsp3) is 0.636. The topological polar surface area (TPSA) is 9.23 Å². The number of ether oxygens (including phenoxy) is 1. The molecule has 0 bridgehead atoms. The number of allylic oxidation sites excluding steroid dienone is 4. The van der Waals surface area contributed by atoms with Crippen LogP contribution in [0.1, 0.15) is 34.6 Å². The van der Waals surface area contributed by atoms with E-state index in [1.165, 1.54) is 13.0 Å². The van der Waals surface area contributed by atoms with Crippen molar-refractivity contribution in [3.05, 3.63) is 24.0 Å². The van der Waals surface area contributed by atoms with E-state index in [1.54, 1.807) is 12.2 Å². The van der Waals surface area contributed by atoms with Gasteiger partial charge in [-0.15, -0.1) is 13.2 Å². The molecule has 0 aromatic carbocycles. The third-order valence-electron chi connectivity index (χ3n) is 1.10. The maximum atomic E-state index is 11.6. The fourth-order valence-corrected chi connectivity index (χ4v) is 0.630. The van der Waals surface area contributed by atoms with E-state index in [0.29, 0.717) is 5.92 Å². The molecule has 0 radical (unpaired) electrons. The highest BCUT2D eigenvalue weighted by atomic mass is 19.4. The van der Waals surface area contributed by atoms with E-state index in [1.807, 2.05) is 27.7 Å². The van der Waals surface area contributed by atoms with Crippen LogP contribution >= 0.6 is 0 Å². The lowest BCUT2D eigenvalue weighted by molar-refractivity contribution is -0.305. The molecule has 0 unspecified atom stereocenters. The van der Waals surface area contributed by atoms with E-state index >= 15 is 0 Å². The summed E-state index contributed by atoms with van der Waals surface area (Å²) in [6.07, 6.45) is 0.0225. The van der Waals surface area contributed by atoms with Gasteiger partial charge in [0.25, 0.3) is 0 Å². The number of hydrogen-bond donors (Lipinski definition) is 0. The molecule has 0 heterocycles. The second-order valence-electron chi connectivity index (χ2n) is 2.95. The maximum absolute atomic E-state index is 11.6. The molecule has 0 aromatic rings. The van der Waals surface area contributed by atoms with Crippen molar-refractivity contribution in [2.45, 2.75) is 41.0 Å². The predicted octanol–water partition coefficient (Wildman–Crippen LogP) is 4.67. The van der Waals surface area contributed by atoms with Gasteiger partial charge in [0.05, 0.1) is 0 Å². The van der Waals surface area contributed by atoms with Crippen molar-refractivity contribution in [3.63, 3.8) is 0 Å². The molecule has 0 aliphatic rings. The average molecular weight is 224 g/mol. The third-order valence-corrected chi connectivity index (χ3v) is 1.10. The van der Waals surface area contributed by atoms with E-state index in [0.717, 1.165) is 0 Å². The SMILES string of the molecule is C/C(=C\C=C/C(C)C)OC(F)(F)F.CC. The lowest BCUT2D eigenvalue weighted by atomic mass is 10.2. The Morgan fingerprint density at radius 3 is 2.00 bits per heavy atom. The van der Waals surface area contributed by atoms with Crippen LogP contribution in [0.4, 0.5) is 13.2 Å². The molecule has 15 heavy (non-hydrogen) atoms. The quantitative estimate of drug-likeness (QED) is 0.500. The summed E-state index contributed by atoms with van der Waals surface area (Å²) in [4.78, 5) is 0. The van der Waals surface area contributed by atoms with Crippen molar-refractivity contribution in [2.75, 3.05) is 0 Å². The highest BCUT2D eigenvalue weighted by molar-refractivity contribution is 5.06. The first-order valence-corrected chi connectivity index (χ1v) is 4.92. The zero-order valence-electron chi connectivity index (χ0n) is 9.85. The lowest BCUT2D eigenvalue weighted by Gasteiger charge is -2.07. The minimum Gasteiger partial charge on any atom is -0.411 e. The molecule has 0 spiro atoms. The van der Waals surface area contributed by atoms with Crippen LogP contribution in [0.3, 0.4) is 0 Å². The Balaban J connectivity index is 0. The summed E-state index contributed by atoms with van der Waals surface area (Å²) in [5.41, 5.74) is 0. The average Bonchev–Trinajstić information content (AvgIpc) is 2.03. The second-order valence-corrected chi connectivity index (χ2v) is 2.95. The Labute approximate surface area is 89.6 Å². The highest BCUT2D eigenvalue weighted by Gasteiger charge is 2.30. The second kappa shape index (κ2) is 8.38. The lowest BCUT2D eigenvalue weighted by Crippen LogP contribution is -2.11. The van der Waals surface area contributed by atoms with E-state index < -0.39 is 6.36 Å². The molecule has 0 saturated carbocycles. The van der Waals surface area contributed by atoms with Gasteiger partial charge in [-0.05, 0) is 18.9 Å². The van der Waals surface area contributed by atoms with E-state index in [-0.39, 0.29) is 5.76 Å². The van der Waals surface area contributed by atoms with Crippen LogP contribution in [0.5, 0.6) is 0 Å². The smallest absolute Gasteiger partial charge is 0.411 e. The molecule has 0 aliphatic carbocycles. The predicted molar refractivity (Wildman–Crippen MR) is 56.2 cm³/mol. The van der Waals surface area contributed by atoms with Crippen molar-refractivity contribution >= 4 is 0 Å². The van der Waals surface area contributed by atoms with Gasteiger partial charge in [0.1, 0.15) is 5.76 Å². The van der Waals surface area contributed by atoms with Crippen LogP contribution < -0.4 is 0 Å². The summed E-state index contributed by atoms with van der Waals surface area (Å²) in [7, 11) is 0. The summed E-state index contributed by atoms with van der Waals surface area (Å²) in [6, 6.07) is 0. The van der Waals surface area contributed by atoms with Gasteiger partial charge in [-0.25, -0.2) is 0 Å². The molecule has 0 amide bonds. The fourth-order valence-electron chi connectivity index (χ4n) is 0.630. The molecule has 0 N–H and O–H groups in total. The Morgan fingerprint density at radius 2 is 1.67 bits per heavy atom. The van der Waals surface area contributed by atoms with Crippen molar-refractivity contribution in [1.29, 1.82) is 0 Å². The van der Waals surface area contributed by atoms with Crippen molar-refractivity contribution in [1.82, 2.24) is 0 Å². The Morgan fingerprint density at radius 1 is 1.20 bits per heavy atom. The number of hydrogen-bond acceptors (Lipinski definition) is 1. The van der Waals surface area contributed by atoms with Gasteiger partial charge in [0.15, 0.2) is 0 Å². The van der Waals surface area contributed by atoms with Gasteiger partial charge in [-0.3, -0.25) is 0 Å². The molecule has 4 heteroatoms. The molecule has 0 aromatic heterocycles. The Bertz CT molecular complexity index is 202. The van der Waals surface area contributed by atoms with Crippen molar-refractivity contribution < 1.29 is 17.9 Å². The molecular weight excluding hydrogens is 205 g/mol. The van der Waals surface area contributed by atoms with Crippen molar-refractivity contribution in [3.8, 4) is 0 Å². The normalized spacial score (nSPS) is 12.7. The number of halogens is 3. The Hall–Kier alpha value is -0.930. The molecule has 0 saturated heterocycles. The van der Waals surface area contributed by atoms with E-state index in [4.69, 9.17) is 0 Å². The van der Waals surface area contributed by atoms with Gasteiger partial charge >= 0.3 is 6.36 Å². The van der Waals surface area contributed by atoms with Crippen LogP contribution in [-0.2, 0) is 4.74 Å². The van der Waals surface area contributed by atoms with E-state index in [9.17, 15) is 13.2 Å². The molecule has 0 atom stereocenters. The summed E-state index contributed by atoms with van der Waals surface area (Å²) >= 11 is 0. The van der Waals surface area contributed by atoms with Crippen LogP contribution in [0.2, 0.25) is 0 Å². The number of rotatable bonds is 3. The first-order valence-electron chi connectivity index (χ1n) is 4.92. The summed E-state index contributed by atoms with van der Waals surface area (Å²) in [5.74, 6) is 0.152. The van der Waals surface area contributed by atoms with Gasteiger partial charge < -0.3 is 4.74 Å². The third kappa shape index (κ3) is 15.8. The van der Waals surface area contributed by atoms with Crippen LogP contribution in [0.25, 0.3) is 0 Å². The first kappa shape index (κ1) is 16.5. The largest absolute Gasteiger partial charge is 0.572 e. The molecule has 0 fully saturated rings. The van der Waals surface area contributed by atoms with Crippen molar-refractivity contribution in [2.24, 2.45) is 5.92 Å². The van der Waals surface area contributed by atoms with Crippen LogP contribution in [0.15, 0.2) is 24.0 Å². The molecular formula is C11H19F3O. The standard InChI is InChI=1S/C9H13F3O.C2H6/c1-7(2)5-4-6-8(3)13-9(10,11)12;1-2/h4-7H,1-3H3;1-2H3/b5-4-,8-6+;. The van der Waals surface area contributed by atoms with Gasteiger partial charge in [0.2, 0.25) is 0 Å². The first-order chi connectivity index (χ1) is 6.81. The maximum Gasteiger partial charge on any atom is 0.572 e. The van der Waals surface area contributed by atoms with Gasteiger partial charge in [-0.1, -0.05) is 39.8 Å². The molecule has 0 aliphatic heterocycles. The summed E-state index contributed by atoms with van der Waals surface area (Å²) in [6.45, 7) is 9.13. The molecule has 90 valence electrons.